The minimum atomic E-state index is -0.960. The van der Waals surface area contributed by atoms with Gasteiger partial charge in [0.25, 0.3) is 0 Å². The fraction of sp³-hybridized carbons (Fsp3) is 0.700. The lowest BCUT2D eigenvalue weighted by atomic mass is 10.1. The highest BCUT2D eigenvalue weighted by Gasteiger charge is 2.35. The molecule has 1 unspecified atom stereocenters. The SMILES string of the molecule is COCCOCO[C@@H]1/C=C/C(=O)O[C@@H](C)CC(=O)O[C@@H](C)C2=NOC(C2)C(=O)O[C@H]1C. The molecule has 2 aliphatic heterocycles. The second-order valence-corrected chi connectivity index (χ2v) is 7.12. The summed E-state index contributed by atoms with van der Waals surface area (Å²) in [7, 11) is 1.55. The number of rotatable bonds is 6. The molecule has 0 aromatic carbocycles. The fourth-order valence-corrected chi connectivity index (χ4v) is 2.76. The van der Waals surface area contributed by atoms with Gasteiger partial charge in [-0.25, -0.2) is 9.59 Å². The van der Waals surface area contributed by atoms with E-state index in [2.05, 4.69) is 5.16 Å². The van der Waals surface area contributed by atoms with Gasteiger partial charge in [0.1, 0.15) is 36.9 Å². The number of carbonyl (C=O) groups excluding carboxylic acids is 3. The van der Waals surface area contributed by atoms with E-state index in [1.54, 1.807) is 27.9 Å². The van der Waals surface area contributed by atoms with E-state index in [4.69, 9.17) is 33.3 Å². The third-order valence-electron chi connectivity index (χ3n) is 4.47. The summed E-state index contributed by atoms with van der Waals surface area (Å²) >= 11 is 0. The van der Waals surface area contributed by atoms with Gasteiger partial charge in [-0.2, -0.15) is 0 Å². The standard InChI is InChI=1S/C20H29NO10/c1-12-9-19(23)29-13(2)15-10-17(31-21-15)20(24)30-14(3)16(5-6-18(22)28-12)27-11-26-8-7-25-4/h5-6,12-14,16-17H,7-11H2,1-4H3/b6-5+/t12-,13-,14-,16+,17?/m0/s1. The molecule has 0 radical (unpaired) electrons. The summed E-state index contributed by atoms with van der Waals surface area (Å²) in [6, 6.07) is 0. The maximum absolute atomic E-state index is 12.5. The highest BCUT2D eigenvalue weighted by Crippen LogP contribution is 2.19. The van der Waals surface area contributed by atoms with E-state index in [-0.39, 0.29) is 19.6 Å². The number of esters is 3. The average molecular weight is 443 g/mol. The summed E-state index contributed by atoms with van der Waals surface area (Å²) in [5.41, 5.74) is 0.402. The summed E-state index contributed by atoms with van der Waals surface area (Å²) < 4.78 is 31.7. The molecule has 2 rings (SSSR count). The zero-order chi connectivity index (χ0) is 22.8. The number of hydrogen-bond donors (Lipinski definition) is 0. The van der Waals surface area contributed by atoms with Gasteiger partial charge in [0, 0.05) is 19.6 Å². The lowest BCUT2D eigenvalue weighted by Crippen LogP contribution is -2.35. The van der Waals surface area contributed by atoms with Crippen LogP contribution in [0.5, 0.6) is 0 Å². The van der Waals surface area contributed by atoms with E-state index >= 15 is 0 Å². The monoisotopic (exact) mass is 443 g/mol. The van der Waals surface area contributed by atoms with Crippen LogP contribution < -0.4 is 0 Å². The molecule has 2 aliphatic rings. The van der Waals surface area contributed by atoms with Crippen LogP contribution in [0.4, 0.5) is 0 Å². The van der Waals surface area contributed by atoms with Crippen molar-refractivity contribution in [3.63, 3.8) is 0 Å². The molecule has 0 spiro atoms. The van der Waals surface area contributed by atoms with E-state index in [0.717, 1.165) is 6.08 Å². The number of methoxy groups -OCH3 is 1. The Morgan fingerprint density at radius 2 is 1.84 bits per heavy atom. The molecule has 0 saturated carbocycles. The van der Waals surface area contributed by atoms with E-state index in [1.165, 1.54) is 6.08 Å². The van der Waals surface area contributed by atoms with Gasteiger partial charge in [-0.1, -0.05) is 5.16 Å². The van der Waals surface area contributed by atoms with Gasteiger partial charge in [-0.3, -0.25) is 4.79 Å². The van der Waals surface area contributed by atoms with Crippen molar-refractivity contribution in [1.29, 1.82) is 0 Å². The van der Waals surface area contributed by atoms with E-state index in [1.807, 2.05) is 0 Å². The van der Waals surface area contributed by atoms with Crippen LogP contribution in [0.25, 0.3) is 0 Å². The van der Waals surface area contributed by atoms with Crippen LogP contribution in [-0.2, 0) is 47.6 Å². The summed E-state index contributed by atoms with van der Waals surface area (Å²) in [5, 5.41) is 3.84. The van der Waals surface area contributed by atoms with Gasteiger partial charge < -0.3 is 33.3 Å². The van der Waals surface area contributed by atoms with Crippen molar-refractivity contribution in [1.82, 2.24) is 0 Å². The van der Waals surface area contributed by atoms with Gasteiger partial charge in [0.2, 0.25) is 6.10 Å². The predicted molar refractivity (Wildman–Crippen MR) is 105 cm³/mol. The molecule has 0 fully saturated rings. The first kappa shape index (κ1) is 24.8. The Kier molecular flexibility index (Phi) is 9.89. The van der Waals surface area contributed by atoms with Crippen LogP contribution in [0.2, 0.25) is 0 Å². The zero-order valence-corrected chi connectivity index (χ0v) is 18.1. The predicted octanol–water partition coefficient (Wildman–Crippen LogP) is 0.892. The lowest BCUT2D eigenvalue weighted by molar-refractivity contribution is -0.171. The van der Waals surface area contributed by atoms with Crippen molar-refractivity contribution in [2.24, 2.45) is 5.16 Å². The molecule has 0 saturated heterocycles. The Balaban J connectivity index is 2.11. The Morgan fingerprint density at radius 1 is 1.06 bits per heavy atom. The molecular weight excluding hydrogens is 414 g/mol. The Labute approximate surface area is 180 Å². The molecule has 5 atom stereocenters. The first-order valence-corrected chi connectivity index (χ1v) is 9.99. The van der Waals surface area contributed by atoms with Gasteiger partial charge in [0.05, 0.1) is 19.6 Å². The number of ether oxygens (including phenoxy) is 6. The number of cyclic esters (lactones) is 3. The topological polar surface area (TPSA) is 128 Å². The fourth-order valence-electron chi connectivity index (χ4n) is 2.76. The third-order valence-corrected chi connectivity index (χ3v) is 4.47. The highest BCUT2D eigenvalue weighted by atomic mass is 16.7. The van der Waals surface area contributed by atoms with Crippen LogP contribution in [0.1, 0.15) is 33.6 Å². The number of oxime groups is 1. The molecule has 0 N–H and O–H groups in total. The van der Waals surface area contributed by atoms with Crippen molar-refractivity contribution in [2.45, 2.75) is 64.1 Å². The van der Waals surface area contributed by atoms with Crippen molar-refractivity contribution in [3.8, 4) is 0 Å². The Hall–Kier alpha value is -2.50. The van der Waals surface area contributed by atoms with Gasteiger partial charge in [-0.05, 0) is 26.8 Å². The van der Waals surface area contributed by atoms with Crippen LogP contribution >= 0.6 is 0 Å². The molecule has 31 heavy (non-hydrogen) atoms. The maximum atomic E-state index is 12.5. The summed E-state index contributed by atoms with van der Waals surface area (Å²) in [6.07, 6.45) is -1.38. The van der Waals surface area contributed by atoms with Crippen LogP contribution in [-0.4, -0.2) is 81.3 Å². The molecule has 11 nitrogen and oxygen atoms in total. The van der Waals surface area contributed by atoms with Gasteiger partial charge >= 0.3 is 17.9 Å². The van der Waals surface area contributed by atoms with Gasteiger partial charge in [-0.15, -0.1) is 0 Å². The van der Waals surface area contributed by atoms with Gasteiger partial charge in [0.15, 0.2) is 0 Å². The summed E-state index contributed by atoms with van der Waals surface area (Å²) in [5.74, 6) is -1.91. The van der Waals surface area contributed by atoms with Crippen LogP contribution in [0.3, 0.4) is 0 Å². The molecular formula is C20H29NO10. The molecule has 0 aromatic rings. The maximum Gasteiger partial charge on any atom is 0.350 e. The minimum absolute atomic E-state index is 0.109. The normalized spacial score (nSPS) is 31.2. The average Bonchev–Trinajstić information content (AvgIpc) is 3.19. The lowest BCUT2D eigenvalue weighted by Gasteiger charge is -2.23. The second-order valence-electron chi connectivity index (χ2n) is 7.12. The number of nitrogens with zero attached hydrogens (tertiary/aromatic N) is 1. The smallest absolute Gasteiger partial charge is 0.350 e. The second kappa shape index (κ2) is 12.4. The van der Waals surface area contributed by atoms with Crippen LogP contribution in [0, 0.1) is 0 Å². The third kappa shape index (κ3) is 8.27. The molecule has 11 heteroatoms. The number of carbonyl (C=O) groups is 3. The minimum Gasteiger partial charge on any atom is -0.459 e. The molecule has 0 aromatic heterocycles. The zero-order valence-electron chi connectivity index (χ0n) is 18.1. The number of hydrogen-bond acceptors (Lipinski definition) is 11. The molecule has 0 amide bonds. The van der Waals surface area contributed by atoms with E-state index < -0.39 is 48.4 Å². The molecule has 0 aliphatic carbocycles. The Morgan fingerprint density at radius 3 is 2.58 bits per heavy atom. The van der Waals surface area contributed by atoms with E-state index in [9.17, 15) is 14.4 Å². The van der Waals surface area contributed by atoms with Crippen molar-refractivity contribution in [3.05, 3.63) is 12.2 Å². The first-order valence-electron chi connectivity index (χ1n) is 9.99. The summed E-state index contributed by atoms with van der Waals surface area (Å²) in [4.78, 5) is 41.8. The first-order chi connectivity index (χ1) is 14.8. The summed E-state index contributed by atoms with van der Waals surface area (Å²) in [6.45, 7) is 5.40. The molecule has 2 heterocycles. The largest absolute Gasteiger partial charge is 0.459 e. The highest BCUT2D eigenvalue weighted by molar-refractivity contribution is 5.95. The van der Waals surface area contributed by atoms with Crippen molar-refractivity contribution in [2.75, 3.05) is 27.1 Å². The van der Waals surface area contributed by atoms with Crippen LogP contribution in [0.15, 0.2) is 17.3 Å². The van der Waals surface area contributed by atoms with Crippen molar-refractivity contribution >= 4 is 23.6 Å². The number of fused-ring (bicyclic) bond motifs is 2. The molecule has 2 bridgehead atoms. The quantitative estimate of drug-likeness (QED) is 0.253. The Bertz CT molecular complexity index is 691. The molecule has 174 valence electrons. The van der Waals surface area contributed by atoms with Crippen molar-refractivity contribution < 1.29 is 47.6 Å². The van der Waals surface area contributed by atoms with E-state index in [0.29, 0.717) is 18.9 Å².